The van der Waals surface area contributed by atoms with Gasteiger partial charge in [-0.3, -0.25) is 9.36 Å². The Bertz CT molecular complexity index is 876. The van der Waals surface area contributed by atoms with Gasteiger partial charge in [0.1, 0.15) is 23.9 Å². The zero-order chi connectivity index (χ0) is 16.9. The third-order valence-corrected chi connectivity index (χ3v) is 3.58. The van der Waals surface area contributed by atoms with Gasteiger partial charge in [0.25, 0.3) is 5.56 Å². The third-order valence-electron chi connectivity index (χ3n) is 3.58. The fraction of sp³-hybridized carbons (Fsp3) is 0.105. The van der Waals surface area contributed by atoms with Crippen LogP contribution in [0.4, 0.5) is 4.39 Å². The number of ether oxygens (including phenoxy) is 1. The summed E-state index contributed by atoms with van der Waals surface area (Å²) in [7, 11) is 0. The van der Waals surface area contributed by atoms with Crippen molar-refractivity contribution in [1.82, 2.24) is 4.57 Å². The van der Waals surface area contributed by atoms with Crippen LogP contribution in [0.15, 0.2) is 83.1 Å². The van der Waals surface area contributed by atoms with E-state index in [0.29, 0.717) is 17.9 Å². The smallest absolute Gasteiger partial charge is 0.258 e. The SMILES string of the molecule is O=c1cc(OCC2=CC=C(F)C=CC2)ccn1-c1ccc(O)cc1. The number of aromatic hydroxyl groups is 1. The third kappa shape index (κ3) is 3.81. The zero-order valence-corrected chi connectivity index (χ0v) is 12.9. The monoisotopic (exact) mass is 325 g/mol. The fourth-order valence-corrected chi connectivity index (χ4v) is 2.30. The number of phenols is 1. The lowest BCUT2D eigenvalue weighted by Gasteiger charge is -2.10. The van der Waals surface area contributed by atoms with Crippen molar-refractivity contribution in [1.29, 1.82) is 0 Å². The Kier molecular flexibility index (Phi) is 4.61. The highest BCUT2D eigenvalue weighted by molar-refractivity contribution is 5.38. The average molecular weight is 325 g/mol. The van der Waals surface area contributed by atoms with Gasteiger partial charge in [-0.25, -0.2) is 4.39 Å². The van der Waals surface area contributed by atoms with Crippen LogP contribution in [-0.2, 0) is 0 Å². The van der Waals surface area contributed by atoms with Crippen LogP contribution in [0.1, 0.15) is 6.42 Å². The molecule has 5 heteroatoms. The molecule has 2 aromatic rings. The van der Waals surface area contributed by atoms with E-state index < -0.39 is 0 Å². The largest absolute Gasteiger partial charge is 0.508 e. The Labute approximate surface area is 138 Å². The highest BCUT2D eigenvalue weighted by Gasteiger charge is 2.04. The summed E-state index contributed by atoms with van der Waals surface area (Å²) < 4.78 is 20.2. The zero-order valence-electron chi connectivity index (χ0n) is 12.9. The first-order valence-electron chi connectivity index (χ1n) is 7.48. The molecule has 1 aromatic carbocycles. The highest BCUT2D eigenvalue weighted by atomic mass is 19.1. The molecule has 1 aromatic heterocycles. The summed E-state index contributed by atoms with van der Waals surface area (Å²) in [5.41, 5.74) is 1.34. The molecular formula is C19H16FNO3. The first-order chi connectivity index (χ1) is 11.6. The molecule has 0 aliphatic heterocycles. The molecule has 1 aliphatic rings. The second-order valence-corrected chi connectivity index (χ2v) is 5.36. The maximum Gasteiger partial charge on any atom is 0.258 e. The van der Waals surface area contributed by atoms with E-state index in [2.05, 4.69) is 0 Å². The molecule has 3 rings (SSSR count). The molecule has 0 radical (unpaired) electrons. The van der Waals surface area contributed by atoms with Crippen molar-refractivity contribution >= 4 is 0 Å². The molecule has 1 aliphatic carbocycles. The number of allylic oxidation sites excluding steroid dienone is 5. The minimum Gasteiger partial charge on any atom is -0.508 e. The number of nitrogens with zero attached hydrogens (tertiary/aromatic N) is 1. The Morgan fingerprint density at radius 1 is 1.17 bits per heavy atom. The average Bonchev–Trinajstić information content (AvgIpc) is 2.78. The quantitative estimate of drug-likeness (QED) is 0.933. The number of rotatable bonds is 4. The van der Waals surface area contributed by atoms with E-state index in [1.54, 1.807) is 36.5 Å². The lowest BCUT2D eigenvalue weighted by molar-refractivity contribution is 0.348. The molecule has 0 saturated heterocycles. The molecule has 1 heterocycles. The van der Waals surface area contributed by atoms with Crippen LogP contribution >= 0.6 is 0 Å². The second-order valence-electron chi connectivity index (χ2n) is 5.36. The van der Waals surface area contributed by atoms with E-state index in [9.17, 15) is 14.3 Å². The van der Waals surface area contributed by atoms with Gasteiger partial charge in [0.05, 0.1) is 0 Å². The summed E-state index contributed by atoms with van der Waals surface area (Å²) in [6.45, 7) is 0.288. The molecule has 0 bridgehead atoms. The molecule has 0 amide bonds. The van der Waals surface area contributed by atoms with E-state index in [0.717, 1.165) is 5.57 Å². The molecule has 1 N–H and O–H groups in total. The van der Waals surface area contributed by atoms with Gasteiger partial charge < -0.3 is 9.84 Å². The normalized spacial score (nSPS) is 13.9. The minimum absolute atomic E-state index is 0.142. The number of hydrogen-bond donors (Lipinski definition) is 1. The van der Waals surface area contributed by atoms with Crippen LogP contribution in [0.25, 0.3) is 5.69 Å². The predicted octanol–water partition coefficient (Wildman–Crippen LogP) is 3.66. The number of hydrogen-bond acceptors (Lipinski definition) is 3. The van der Waals surface area contributed by atoms with Crippen molar-refractivity contribution in [3.8, 4) is 17.2 Å². The molecule has 0 saturated carbocycles. The molecular weight excluding hydrogens is 309 g/mol. The summed E-state index contributed by atoms with van der Waals surface area (Å²) in [6, 6.07) is 9.44. The molecule has 0 spiro atoms. The van der Waals surface area contributed by atoms with Gasteiger partial charge in [-0.2, -0.15) is 0 Å². The van der Waals surface area contributed by atoms with Crippen LogP contribution in [0.3, 0.4) is 0 Å². The Morgan fingerprint density at radius 3 is 2.71 bits per heavy atom. The maximum absolute atomic E-state index is 13.1. The molecule has 0 atom stereocenters. The van der Waals surface area contributed by atoms with E-state index >= 15 is 0 Å². The van der Waals surface area contributed by atoms with E-state index in [-0.39, 0.29) is 23.7 Å². The van der Waals surface area contributed by atoms with Crippen LogP contribution in [0, 0.1) is 0 Å². The summed E-state index contributed by atoms with van der Waals surface area (Å²) >= 11 is 0. The van der Waals surface area contributed by atoms with Gasteiger partial charge in [0, 0.05) is 18.0 Å². The van der Waals surface area contributed by atoms with Gasteiger partial charge >= 0.3 is 0 Å². The van der Waals surface area contributed by atoms with Crippen LogP contribution in [0.2, 0.25) is 0 Å². The van der Waals surface area contributed by atoms with Crippen molar-refractivity contribution < 1.29 is 14.2 Å². The molecule has 122 valence electrons. The van der Waals surface area contributed by atoms with E-state index in [1.165, 1.54) is 34.9 Å². The Morgan fingerprint density at radius 2 is 1.96 bits per heavy atom. The summed E-state index contributed by atoms with van der Waals surface area (Å²) in [4.78, 5) is 12.2. The number of pyridine rings is 1. The first kappa shape index (κ1) is 15.8. The van der Waals surface area contributed by atoms with E-state index in [4.69, 9.17) is 4.74 Å². The highest BCUT2D eigenvalue weighted by Crippen LogP contribution is 2.16. The lowest BCUT2D eigenvalue weighted by atomic mass is 10.2. The summed E-state index contributed by atoms with van der Waals surface area (Å²) in [5.74, 6) is 0.304. The molecule has 0 fully saturated rings. The van der Waals surface area contributed by atoms with Crippen molar-refractivity contribution in [2.45, 2.75) is 6.42 Å². The van der Waals surface area contributed by atoms with E-state index in [1.807, 2.05) is 0 Å². The molecule has 4 nitrogen and oxygen atoms in total. The Balaban J connectivity index is 1.72. The van der Waals surface area contributed by atoms with Crippen LogP contribution in [0.5, 0.6) is 11.5 Å². The van der Waals surface area contributed by atoms with Gasteiger partial charge in [-0.15, -0.1) is 0 Å². The van der Waals surface area contributed by atoms with Crippen molar-refractivity contribution in [2.24, 2.45) is 0 Å². The fourth-order valence-electron chi connectivity index (χ4n) is 2.30. The predicted molar refractivity (Wildman–Crippen MR) is 90.2 cm³/mol. The summed E-state index contributed by atoms with van der Waals surface area (Å²) in [5, 5.41) is 9.30. The van der Waals surface area contributed by atoms with Crippen molar-refractivity contribution in [2.75, 3.05) is 6.61 Å². The summed E-state index contributed by atoms with van der Waals surface area (Å²) in [6.07, 6.45) is 8.46. The van der Waals surface area contributed by atoms with Crippen molar-refractivity contribution in [3.63, 3.8) is 0 Å². The van der Waals surface area contributed by atoms with Gasteiger partial charge in [0.15, 0.2) is 0 Å². The lowest BCUT2D eigenvalue weighted by Crippen LogP contribution is -2.17. The first-order valence-corrected chi connectivity index (χ1v) is 7.48. The number of benzene rings is 1. The standard InChI is InChI=1S/C19H16FNO3/c20-15-3-1-2-14(4-5-15)13-24-18-10-11-21(19(23)12-18)16-6-8-17(22)9-7-16/h1,3-12,22H,2,13H2. The van der Waals surface area contributed by atoms with Gasteiger partial charge in [-0.05, 0) is 54.5 Å². The number of aromatic nitrogens is 1. The minimum atomic E-state index is -0.290. The number of phenolic OH excluding ortho intramolecular Hbond substituents is 1. The van der Waals surface area contributed by atoms with Crippen LogP contribution in [-0.4, -0.2) is 16.3 Å². The molecule has 24 heavy (non-hydrogen) atoms. The molecule has 0 unspecified atom stereocenters. The second kappa shape index (κ2) is 7.00. The van der Waals surface area contributed by atoms with Gasteiger partial charge in [-0.1, -0.05) is 12.2 Å². The topological polar surface area (TPSA) is 51.5 Å². The van der Waals surface area contributed by atoms with Crippen LogP contribution < -0.4 is 10.3 Å². The van der Waals surface area contributed by atoms with Crippen molar-refractivity contribution in [3.05, 3.63) is 88.7 Å². The maximum atomic E-state index is 13.1. The number of halogens is 1. The Hall–Kier alpha value is -3.08. The van der Waals surface area contributed by atoms with Gasteiger partial charge in [0.2, 0.25) is 0 Å².